The molecule has 0 bridgehead atoms. The molecule has 2 heteroatoms. The molecule has 1 nitrogen and oxygen atoms in total. The second-order valence-corrected chi connectivity index (χ2v) is 3.37. The summed E-state index contributed by atoms with van der Waals surface area (Å²) in [7, 11) is 0. The molecule has 2 rings (SSSR count). The molecule has 2 N–H and O–H groups in total. The average molecular weight is 184 g/mol. The van der Waals surface area contributed by atoms with Crippen molar-refractivity contribution in [1.29, 1.82) is 0 Å². The summed E-state index contributed by atoms with van der Waals surface area (Å²) in [6, 6.07) is 8.77. The van der Waals surface area contributed by atoms with E-state index in [1.165, 1.54) is 11.1 Å². The molecule has 0 unspecified atom stereocenters. The minimum Gasteiger partial charge on any atom is -0.324 e. The summed E-state index contributed by atoms with van der Waals surface area (Å²) in [5, 5.41) is 0. The monoisotopic (exact) mass is 183 g/mol. The maximum atomic E-state index is 5.94. The Bertz CT molecular complexity index is 245. The van der Waals surface area contributed by atoms with Gasteiger partial charge in [0.2, 0.25) is 0 Å². The fourth-order valence-electron chi connectivity index (χ4n) is 1.93. The van der Waals surface area contributed by atoms with Gasteiger partial charge in [0.05, 0.1) is 0 Å². The molecule has 0 spiro atoms. The zero-order valence-corrected chi connectivity index (χ0v) is 7.97. The zero-order valence-electron chi connectivity index (χ0n) is 7.16. The Morgan fingerprint density at radius 2 is 1.83 bits per heavy atom. The lowest BCUT2D eigenvalue weighted by Crippen LogP contribution is -2.04. The smallest absolute Gasteiger partial charge is 0.0303 e. The molecular weight excluding hydrogens is 170 g/mol. The fraction of sp³-hybridized carbons (Fsp3) is 0.400. The summed E-state index contributed by atoms with van der Waals surface area (Å²) in [5.74, 6) is 0.654. The Morgan fingerprint density at radius 1 is 1.25 bits per heavy atom. The van der Waals surface area contributed by atoms with Crippen LogP contribution in [0.25, 0.3) is 0 Å². The summed E-state index contributed by atoms with van der Waals surface area (Å²) in [5.41, 5.74) is 8.73. The van der Waals surface area contributed by atoms with Gasteiger partial charge in [0.1, 0.15) is 0 Å². The molecule has 0 saturated carbocycles. The fourth-order valence-corrected chi connectivity index (χ4v) is 1.93. The summed E-state index contributed by atoms with van der Waals surface area (Å²) in [6.45, 7) is 2.24. The number of halogens is 1. The van der Waals surface area contributed by atoms with E-state index in [1.54, 1.807) is 0 Å². The molecule has 0 aromatic heterocycles. The highest BCUT2D eigenvalue weighted by Crippen LogP contribution is 2.37. The molecular formula is C10H14ClN. The van der Waals surface area contributed by atoms with Gasteiger partial charge < -0.3 is 5.73 Å². The molecule has 2 atom stereocenters. The Labute approximate surface area is 79.4 Å². The van der Waals surface area contributed by atoms with Crippen molar-refractivity contribution >= 4 is 12.4 Å². The van der Waals surface area contributed by atoms with E-state index in [4.69, 9.17) is 5.73 Å². The first-order valence-electron chi connectivity index (χ1n) is 4.13. The third kappa shape index (κ3) is 1.35. The Morgan fingerprint density at radius 3 is 2.42 bits per heavy atom. The third-order valence-corrected chi connectivity index (χ3v) is 2.53. The van der Waals surface area contributed by atoms with Crippen LogP contribution in [-0.4, -0.2) is 0 Å². The summed E-state index contributed by atoms with van der Waals surface area (Å²) >= 11 is 0. The number of hydrogen-bond acceptors (Lipinski definition) is 1. The molecule has 12 heavy (non-hydrogen) atoms. The van der Waals surface area contributed by atoms with E-state index in [1.807, 2.05) is 0 Å². The van der Waals surface area contributed by atoms with Gasteiger partial charge in [-0.1, -0.05) is 31.2 Å². The quantitative estimate of drug-likeness (QED) is 0.658. The van der Waals surface area contributed by atoms with Crippen LogP contribution in [0, 0.1) is 0 Å². The largest absolute Gasteiger partial charge is 0.324 e. The topological polar surface area (TPSA) is 26.0 Å². The second-order valence-electron chi connectivity index (χ2n) is 3.37. The maximum absolute atomic E-state index is 5.94. The van der Waals surface area contributed by atoms with Crippen molar-refractivity contribution in [3.63, 3.8) is 0 Å². The lowest BCUT2D eigenvalue weighted by Gasteiger charge is -2.02. The third-order valence-electron chi connectivity index (χ3n) is 2.53. The summed E-state index contributed by atoms with van der Waals surface area (Å²) < 4.78 is 0. The number of benzene rings is 1. The minimum atomic E-state index is 0. The van der Waals surface area contributed by atoms with E-state index >= 15 is 0 Å². The van der Waals surface area contributed by atoms with E-state index < -0.39 is 0 Å². The molecule has 0 heterocycles. The molecule has 66 valence electrons. The number of rotatable bonds is 0. The molecule has 0 saturated heterocycles. The lowest BCUT2D eigenvalue weighted by atomic mass is 10.0. The average Bonchev–Trinajstić information content (AvgIpc) is 2.30. The van der Waals surface area contributed by atoms with Gasteiger partial charge in [-0.2, -0.15) is 0 Å². The number of fused-ring (bicyclic) bond motifs is 1. The van der Waals surface area contributed by atoms with Crippen LogP contribution in [0.2, 0.25) is 0 Å². The molecule has 1 aromatic carbocycles. The van der Waals surface area contributed by atoms with Gasteiger partial charge in [0, 0.05) is 6.04 Å². The SMILES string of the molecule is C[C@@H]1C[C@@H](N)c2ccccc21.Cl. The minimum absolute atomic E-state index is 0. The first-order chi connectivity index (χ1) is 5.29. The Balaban J connectivity index is 0.000000720. The standard InChI is InChI=1S/C10H13N.ClH/c1-7-6-10(11)9-5-3-2-4-8(7)9;/h2-5,7,10H,6,11H2,1H3;1H/t7-,10-;/m1./s1. The molecule has 1 aliphatic rings. The molecule has 0 aliphatic heterocycles. The van der Waals surface area contributed by atoms with E-state index in [-0.39, 0.29) is 18.4 Å². The molecule has 0 radical (unpaired) electrons. The van der Waals surface area contributed by atoms with Crippen molar-refractivity contribution in [2.24, 2.45) is 5.73 Å². The van der Waals surface area contributed by atoms with Gasteiger partial charge in [0.25, 0.3) is 0 Å². The van der Waals surface area contributed by atoms with Crippen LogP contribution < -0.4 is 5.73 Å². The molecule has 1 aromatic rings. The van der Waals surface area contributed by atoms with Crippen molar-refractivity contribution in [3.05, 3.63) is 35.4 Å². The highest BCUT2D eigenvalue weighted by Gasteiger charge is 2.24. The van der Waals surface area contributed by atoms with Gasteiger partial charge in [0.15, 0.2) is 0 Å². The van der Waals surface area contributed by atoms with Crippen LogP contribution in [-0.2, 0) is 0 Å². The highest BCUT2D eigenvalue weighted by atomic mass is 35.5. The Kier molecular flexibility index (Phi) is 2.76. The van der Waals surface area contributed by atoms with Crippen molar-refractivity contribution in [3.8, 4) is 0 Å². The van der Waals surface area contributed by atoms with Crippen molar-refractivity contribution in [2.75, 3.05) is 0 Å². The first-order valence-corrected chi connectivity index (χ1v) is 4.13. The lowest BCUT2D eigenvalue weighted by molar-refractivity contribution is 0.640. The van der Waals surface area contributed by atoms with Crippen molar-refractivity contribution in [1.82, 2.24) is 0 Å². The van der Waals surface area contributed by atoms with Gasteiger partial charge in [-0.3, -0.25) is 0 Å². The summed E-state index contributed by atoms with van der Waals surface area (Å²) in [6.07, 6.45) is 1.11. The summed E-state index contributed by atoms with van der Waals surface area (Å²) in [4.78, 5) is 0. The Hall–Kier alpha value is -0.530. The van der Waals surface area contributed by atoms with Crippen LogP contribution >= 0.6 is 12.4 Å². The van der Waals surface area contributed by atoms with Crippen LogP contribution in [0.4, 0.5) is 0 Å². The van der Waals surface area contributed by atoms with Crippen molar-refractivity contribution in [2.45, 2.75) is 25.3 Å². The first kappa shape index (κ1) is 9.56. The highest BCUT2D eigenvalue weighted by molar-refractivity contribution is 5.85. The van der Waals surface area contributed by atoms with Crippen molar-refractivity contribution < 1.29 is 0 Å². The maximum Gasteiger partial charge on any atom is 0.0303 e. The van der Waals surface area contributed by atoms with E-state index in [0.717, 1.165) is 6.42 Å². The molecule has 0 amide bonds. The normalized spacial score (nSPS) is 26.2. The van der Waals surface area contributed by atoms with E-state index in [9.17, 15) is 0 Å². The zero-order chi connectivity index (χ0) is 7.84. The van der Waals surface area contributed by atoms with Crippen LogP contribution in [0.15, 0.2) is 24.3 Å². The molecule has 0 fully saturated rings. The number of hydrogen-bond donors (Lipinski definition) is 1. The predicted molar refractivity (Wildman–Crippen MR) is 53.7 cm³/mol. The van der Waals surface area contributed by atoms with Gasteiger partial charge in [-0.25, -0.2) is 0 Å². The van der Waals surface area contributed by atoms with Gasteiger partial charge >= 0.3 is 0 Å². The van der Waals surface area contributed by atoms with E-state index in [0.29, 0.717) is 5.92 Å². The van der Waals surface area contributed by atoms with Crippen LogP contribution in [0.3, 0.4) is 0 Å². The molecule has 1 aliphatic carbocycles. The second kappa shape index (κ2) is 3.46. The predicted octanol–water partition coefficient (Wildman–Crippen LogP) is 2.62. The van der Waals surface area contributed by atoms with Crippen LogP contribution in [0.5, 0.6) is 0 Å². The van der Waals surface area contributed by atoms with E-state index in [2.05, 4.69) is 31.2 Å². The number of nitrogens with two attached hydrogens (primary N) is 1. The van der Waals surface area contributed by atoms with Gasteiger partial charge in [-0.05, 0) is 23.5 Å². The van der Waals surface area contributed by atoms with Gasteiger partial charge in [-0.15, -0.1) is 12.4 Å². The van der Waals surface area contributed by atoms with Crippen LogP contribution in [0.1, 0.15) is 36.4 Å².